The van der Waals surface area contributed by atoms with Crippen LogP contribution in [0.4, 0.5) is 0 Å². The number of hydrogen-bond acceptors (Lipinski definition) is 3. The molecule has 4 heteroatoms. The molecular weight excluding hydrogens is 224 g/mol. The summed E-state index contributed by atoms with van der Waals surface area (Å²) in [5.41, 5.74) is 2.56. The molecule has 2 heterocycles. The smallest absolute Gasteiger partial charge is 0.0625 e. The lowest BCUT2D eigenvalue weighted by atomic mass is 10.1. The molecule has 0 amide bonds. The van der Waals surface area contributed by atoms with Crippen LogP contribution in [0.2, 0.25) is 0 Å². The first-order chi connectivity index (χ1) is 8.76. The van der Waals surface area contributed by atoms with Crippen molar-refractivity contribution in [3.8, 4) is 0 Å². The van der Waals surface area contributed by atoms with Gasteiger partial charge in [-0.1, -0.05) is 6.92 Å². The molecule has 0 aromatic carbocycles. The first kappa shape index (κ1) is 12.2. The Morgan fingerprint density at radius 1 is 1.44 bits per heavy atom. The van der Waals surface area contributed by atoms with E-state index in [1.54, 1.807) is 0 Å². The summed E-state index contributed by atoms with van der Waals surface area (Å²) in [7, 11) is 2.06. The van der Waals surface area contributed by atoms with E-state index in [0.717, 1.165) is 38.0 Å². The van der Waals surface area contributed by atoms with Crippen LogP contribution < -0.4 is 5.32 Å². The van der Waals surface area contributed by atoms with Crippen molar-refractivity contribution in [2.75, 3.05) is 19.6 Å². The molecule has 1 N–H and O–H groups in total. The van der Waals surface area contributed by atoms with Crippen LogP contribution in [0.1, 0.15) is 31.2 Å². The van der Waals surface area contributed by atoms with Gasteiger partial charge in [-0.15, -0.1) is 0 Å². The van der Waals surface area contributed by atoms with E-state index in [4.69, 9.17) is 0 Å². The second-order valence-electron chi connectivity index (χ2n) is 5.74. The molecule has 1 aliphatic carbocycles. The van der Waals surface area contributed by atoms with Gasteiger partial charge in [0.25, 0.3) is 0 Å². The van der Waals surface area contributed by atoms with Crippen molar-refractivity contribution in [2.45, 2.75) is 38.8 Å². The highest BCUT2D eigenvalue weighted by Crippen LogP contribution is 2.33. The van der Waals surface area contributed by atoms with Crippen molar-refractivity contribution in [2.24, 2.45) is 13.0 Å². The van der Waals surface area contributed by atoms with Crippen molar-refractivity contribution in [3.63, 3.8) is 0 Å². The number of piperazine rings is 1. The zero-order valence-corrected chi connectivity index (χ0v) is 11.5. The second-order valence-corrected chi connectivity index (χ2v) is 5.74. The summed E-state index contributed by atoms with van der Waals surface area (Å²) >= 11 is 0. The molecule has 1 aliphatic heterocycles. The van der Waals surface area contributed by atoms with E-state index in [0.29, 0.717) is 0 Å². The standard InChI is InChI=1S/C14H24N4/c1-3-12-8-13(17(2)16-12)9-18-7-6-15-14(10-18)11-4-5-11/h8,11,14-15H,3-7,9-10H2,1-2H3. The molecule has 3 rings (SSSR count). The van der Waals surface area contributed by atoms with Gasteiger partial charge in [0.05, 0.1) is 11.4 Å². The summed E-state index contributed by atoms with van der Waals surface area (Å²) in [5, 5.41) is 8.20. The molecule has 1 atom stereocenters. The van der Waals surface area contributed by atoms with E-state index >= 15 is 0 Å². The highest BCUT2D eigenvalue weighted by molar-refractivity contribution is 5.10. The van der Waals surface area contributed by atoms with Gasteiger partial charge in [0.15, 0.2) is 0 Å². The van der Waals surface area contributed by atoms with Crippen molar-refractivity contribution in [3.05, 3.63) is 17.5 Å². The maximum atomic E-state index is 4.54. The molecule has 18 heavy (non-hydrogen) atoms. The van der Waals surface area contributed by atoms with Crippen LogP contribution in [0.5, 0.6) is 0 Å². The van der Waals surface area contributed by atoms with Gasteiger partial charge >= 0.3 is 0 Å². The summed E-state index contributed by atoms with van der Waals surface area (Å²) in [5.74, 6) is 0.950. The molecule has 0 radical (unpaired) electrons. The van der Waals surface area contributed by atoms with Gasteiger partial charge in [0.1, 0.15) is 0 Å². The molecule has 1 aromatic heterocycles. The quantitative estimate of drug-likeness (QED) is 0.868. The topological polar surface area (TPSA) is 33.1 Å². The predicted molar refractivity (Wildman–Crippen MR) is 72.4 cm³/mol. The molecule has 2 fully saturated rings. The lowest BCUT2D eigenvalue weighted by molar-refractivity contribution is 0.178. The molecule has 4 nitrogen and oxygen atoms in total. The Hall–Kier alpha value is -0.870. The average molecular weight is 248 g/mol. The summed E-state index contributed by atoms with van der Waals surface area (Å²) in [6, 6.07) is 2.99. The van der Waals surface area contributed by atoms with E-state index in [9.17, 15) is 0 Å². The van der Waals surface area contributed by atoms with Gasteiger partial charge in [-0.25, -0.2) is 0 Å². The minimum atomic E-state index is 0.734. The number of nitrogens with zero attached hydrogens (tertiary/aromatic N) is 3. The molecule has 1 unspecified atom stereocenters. The summed E-state index contributed by atoms with van der Waals surface area (Å²) in [6.45, 7) is 6.72. The van der Waals surface area contributed by atoms with E-state index in [2.05, 4.69) is 35.4 Å². The number of aryl methyl sites for hydroxylation is 2. The molecule has 0 bridgehead atoms. The Kier molecular flexibility index (Phi) is 3.39. The van der Waals surface area contributed by atoms with Crippen LogP contribution in [0.3, 0.4) is 0 Å². The zero-order valence-electron chi connectivity index (χ0n) is 11.5. The number of rotatable bonds is 4. The molecule has 2 aliphatic rings. The Morgan fingerprint density at radius 2 is 2.28 bits per heavy atom. The fourth-order valence-electron chi connectivity index (χ4n) is 2.92. The van der Waals surface area contributed by atoms with Crippen LogP contribution in [-0.4, -0.2) is 40.4 Å². The number of nitrogens with one attached hydrogen (secondary N) is 1. The fraction of sp³-hybridized carbons (Fsp3) is 0.786. The molecule has 1 saturated heterocycles. The van der Waals surface area contributed by atoms with Gasteiger partial charge in [-0.05, 0) is 31.2 Å². The second kappa shape index (κ2) is 5.02. The SMILES string of the molecule is CCc1cc(CN2CCNC(C3CC3)C2)n(C)n1. The number of hydrogen-bond donors (Lipinski definition) is 1. The molecule has 1 aromatic rings. The maximum absolute atomic E-state index is 4.54. The van der Waals surface area contributed by atoms with Crippen LogP contribution >= 0.6 is 0 Å². The van der Waals surface area contributed by atoms with Crippen molar-refractivity contribution in [1.82, 2.24) is 20.0 Å². The zero-order chi connectivity index (χ0) is 12.5. The Morgan fingerprint density at radius 3 is 2.94 bits per heavy atom. The van der Waals surface area contributed by atoms with Gasteiger partial charge in [-0.3, -0.25) is 9.58 Å². The largest absolute Gasteiger partial charge is 0.311 e. The monoisotopic (exact) mass is 248 g/mol. The highest BCUT2D eigenvalue weighted by Gasteiger charge is 2.33. The normalized spacial score (nSPS) is 25.6. The third kappa shape index (κ3) is 2.59. The predicted octanol–water partition coefficient (Wildman–Crippen LogP) is 1.17. The summed E-state index contributed by atoms with van der Waals surface area (Å²) in [4.78, 5) is 2.58. The van der Waals surface area contributed by atoms with Crippen LogP contribution in [-0.2, 0) is 20.0 Å². The summed E-state index contributed by atoms with van der Waals surface area (Å²) < 4.78 is 2.05. The molecule has 1 saturated carbocycles. The lowest BCUT2D eigenvalue weighted by Crippen LogP contribution is -2.51. The Balaban J connectivity index is 1.62. The average Bonchev–Trinajstić information content (AvgIpc) is 3.16. The van der Waals surface area contributed by atoms with Crippen molar-refractivity contribution >= 4 is 0 Å². The van der Waals surface area contributed by atoms with Crippen LogP contribution in [0, 0.1) is 5.92 Å². The number of aromatic nitrogens is 2. The van der Waals surface area contributed by atoms with Crippen LogP contribution in [0.25, 0.3) is 0 Å². The van der Waals surface area contributed by atoms with E-state index in [1.807, 2.05) is 4.68 Å². The van der Waals surface area contributed by atoms with Crippen molar-refractivity contribution < 1.29 is 0 Å². The van der Waals surface area contributed by atoms with Gasteiger partial charge in [0, 0.05) is 39.3 Å². The third-order valence-electron chi connectivity index (χ3n) is 4.26. The van der Waals surface area contributed by atoms with E-state index in [-0.39, 0.29) is 0 Å². The highest BCUT2D eigenvalue weighted by atomic mass is 15.3. The molecule has 100 valence electrons. The van der Waals surface area contributed by atoms with Crippen LogP contribution in [0.15, 0.2) is 6.07 Å². The third-order valence-corrected chi connectivity index (χ3v) is 4.26. The first-order valence-electron chi connectivity index (χ1n) is 7.23. The van der Waals surface area contributed by atoms with Gasteiger partial charge < -0.3 is 5.32 Å². The van der Waals surface area contributed by atoms with Gasteiger partial charge in [0.2, 0.25) is 0 Å². The minimum absolute atomic E-state index is 0.734. The fourth-order valence-corrected chi connectivity index (χ4v) is 2.92. The van der Waals surface area contributed by atoms with E-state index in [1.165, 1.54) is 30.8 Å². The first-order valence-corrected chi connectivity index (χ1v) is 7.23. The molecule has 0 spiro atoms. The Bertz CT molecular complexity index is 408. The Labute approximate surface area is 109 Å². The minimum Gasteiger partial charge on any atom is -0.311 e. The van der Waals surface area contributed by atoms with E-state index < -0.39 is 0 Å². The lowest BCUT2D eigenvalue weighted by Gasteiger charge is -2.33. The molecular formula is C14H24N4. The summed E-state index contributed by atoms with van der Waals surface area (Å²) in [6.07, 6.45) is 3.88. The van der Waals surface area contributed by atoms with Gasteiger partial charge in [-0.2, -0.15) is 5.10 Å². The van der Waals surface area contributed by atoms with Crippen molar-refractivity contribution in [1.29, 1.82) is 0 Å². The maximum Gasteiger partial charge on any atom is 0.0625 e.